The van der Waals surface area contributed by atoms with Crippen LogP contribution in [0.2, 0.25) is 0 Å². The molecular weight excluding hydrogens is 336 g/mol. The Hall–Kier alpha value is -1.52. The van der Waals surface area contributed by atoms with Gasteiger partial charge in [0.05, 0.1) is 5.52 Å². The molecule has 2 saturated heterocycles. The summed E-state index contributed by atoms with van der Waals surface area (Å²) in [6.07, 6.45) is 6.76. The summed E-state index contributed by atoms with van der Waals surface area (Å²) in [5.41, 5.74) is 3.33. The second kappa shape index (κ2) is 6.33. The van der Waals surface area contributed by atoms with Crippen molar-refractivity contribution in [1.29, 1.82) is 0 Å². The van der Waals surface area contributed by atoms with Crippen LogP contribution in [0.15, 0.2) is 24.3 Å². The van der Waals surface area contributed by atoms with E-state index in [9.17, 15) is 4.79 Å². The Labute approximate surface area is 154 Å². The van der Waals surface area contributed by atoms with Crippen LogP contribution in [-0.4, -0.2) is 40.7 Å². The first-order valence-corrected chi connectivity index (χ1v) is 9.25. The van der Waals surface area contributed by atoms with Gasteiger partial charge in [-0.2, -0.15) is 0 Å². The van der Waals surface area contributed by atoms with E-state index in [0.29, 0.717) is 12.1 Å². The van der Waals surface area contributed by atoms with Gasteiger partial charge in [-0.3, -0.25) is 0 Å². The summed E-state index contributed by atoms with van der Waals surface area (Å²) in [5.74, 6) is -0.131. The van der Waals surface area contributed by atoms with Crippen LogP contribution in [0.25, 0.3) is 10.9 Å². The highest BCUT2D eigenvalue weighted by molar-refractivity contribution is 5.97. The summed E-state index contributed by atoms with van der Waals surface area (Å²) in [7, 11) is 2.21. The average molecular weight is 361 g/mol. The molecular formula is C20H25ClN2O2. The van der Waals surface area contributed by atoms with E-state index in [-0.39, 0.29) is 24.5 Å². The molecule has 2 fully saturated rings. The number of hydrogen-bond acceptors (Lipinski definition) is 3. The third-order valence-corrected chi connectivity index (χ3v) is 6.37. The molecule has 3 aliphatic heterocycles. The number of fused-ring (bicyclic) bond motifs is 2. The summed E-state index contributed by atoms with van der Waals surface area (Å²) in [5, 5.41) is 1.17. The number of carbonyl (C=O) groups excluding carboxylic acids is 1. The zero-order valence-electron chi connectivity index (χ0n) is 14.6. The Morgan fingerprint density at radius 1 is 1.20 bits per heavy atom. The highest BCUT2D eigenvalue weighted by atomic mass is 35.5. The number of piperidine rings is 1. The Kier molecular flexibility index (Phi) is 4.28. The molecule has 0 N–H and O–H groups in total. The lowest BCUT2D eigenvalue weighted by molar-refractivity contribution is -0.00138. The third kappa shape index (κ3) is 2.67. The molecule has 0 amide bonds. The lowest BCUT2D eigenvalue weighted by Crippen LogP contribution is -2.43. The van der Waals surface area contributed by atoms with Gasteiger partial charge in [-0.15, -0.1) is 12.4 Å². The minimum absolute atomic E-state index is 0. The van der Waals surface area contributed by atoms with Crippen LogP contribution in [0.4, 0.5) is 0 Å². The Bertz CT molecular complexity index is 801. The van der Waals surface area contributed by atoms with Gasteiger partial charge in [0, 0.05) is 36.9 Å². The van der Waals surface area contributed by atoms with Crippen molar-refractivity contribution in [1.82, 2.24) is 9.47 Å². The molecule has 0 saturated carbocycles. The van der Waals surface area contributed by atoms with Crippen molar-refractivity contribution in [2.45, 2.75) is 63.3 Å². The van der Waals surface area contributed by atoms with E-state index in [2.05, 4.69) is 34.7 Å². The van der Waals surface area contributed by atoms with Gasteiger partial charge in [0.2, 0.25) is 0 Å². The Morgan fingerprint density at radius 2 is 1.96 bits per heavy atom. The summed E-state index contributed by atoms with van der Waals surface area (Å²) in [4.78, 5) is 15.3. The van der Waals surface area contributed by atoms with Crippen molar-refractivity contribution >= 4 is 29.3 Å². The second-order valence-electron chi connectivity index (χ2n) is 7.69. The van der Waals surface area contributed by atoms with Crippen molar-refractivity contribution < 1.29 is 9.53 Å². The summed E-state index contributed by atoms with van der Waals surface area (Å²) in [6.45, 7) is 0.920. The number of aromatic nitrogens is 1. The SMILES string of the molecule is CN1C2CCC1CC(OC(=O)c1cc3cccc4c3n1CCC4)C2.Cl. The molecule has 2 unspecified atom stereocenters. The molecule has 1 aromatic heterocycles. The van der Waals surface area contributed by atoms with E-state index < -0.39 is 0 Å². The van der Waals surface area contributed by atoms with Crippen molar-refractivity contribution in [3.8, 4) is 0 Å². The standard InChI is InChI=1S/C20H24N2O2.ClH/c1-21-15-7-8-16(21)12-17(11-15)24-20(23)18-10-14-5-2-4-13-6-3-9-22(18)19(13)14;/h2,4-5,10,15-17H,3,6-9,11-12H2,1H3;1H. The smallest absolute Gasteiger partial charge is 0.355 e. The number of nitrogens with zero attached hydrogens (tertiary/aromatic N) is 2. The number of halogens is 1. The number of ether oxygens (including phenoxy) is 1. The number of hydrogen-bond donors (Lipinski definition) is 0. The molecule has 1 aromatic carbocycles. The second-order valence-corrected chi connectivity index (χ2v) is 7.69. The van der Waals surface area contributed by atoms with Gasteiger partial charge >= 0.3 is 5.97 Å². The molecule has 5 rings (SSSR count). The van der Waals surface area contributed by atoms with Gasteiger partial charge in [0.1, 0.15) is 11.8 Å². The van der Waals surface area contributed by atoms with Gasteiger partial charge < -0.3 is 14.2 Å². The molecule has 0 aliphatic carbocycles. The van der Waals surface area contributed by atoms with Crippen LogP contribution < -0.4 is 0 Å². The number of carbonyl (C=O) groups is 1. The zero-order valence-corrected chi connectivity index (χ0v) is 15.4. The highest BCUT2D eigenvalue weighted by Crippen LogP contribution is 2.36. The maximum atomic E-state index is 12.9. The Morgan fingerprint density at radius 3 is 2.72 bits per heavy atom. The van der Waals surface area contributed by atoms with Gasteiger partial charge in [-0.25, -0.2) is 4.79 Å². The topological polar surface area (TPSA) is 34.5 Å². The summed E-state index contributed by atoms with van der Waals surface area (Å²) < 4.78 is 8.14. The maximum absolute atomic E-state index is 12.9. The number of benzene rings is 1. The molecule has 3 aliphatic rings. The molecule has 4 heterocycles. The first-order valence-electron chi connectivity index (χ1n) is 9.25. The number of aryl methyl sites for hydroxylation is 2. The van der Waals surface area contributed by atoms with Crippen molar-refractivity contribution in [3.63, 3.8) is 0 Å². The number of para-hydroxylation sites is 1. The fourth-order valence-electron chi connectivity index (χ4n) is 5.10. The number of esters is 1. The quantitative estimate of drug-likeness (QED) is 0.764. The van der Waals surface area contributed by atoms with E-state index in [1.165, 1.54) is 29.3 Å². The first-order chi connectivity index (χ1) is 11.7. The van der Waals surface area contributed by atoms with Crippen LogP contribution >= 0.6 is 12.4 Å². The largest absolute Gasteiger partial charge is 0.458 e. The van der Waals surface area contributed by atoms with Crippen LogP contribution in [-0.2, 0) is 17.7 Å². The van der Waals surface area contributed by atoms with Crippen LogP contribution in [0.1, 0.15) is 48.2 Å². The zero-order chi connectivity index (χ0) is 16.3. The number of rotatable bonds is 2. The van der Waals surface area contributed by atoms with E-state index in [1.807, 2.05) is 6.07 Å². The molecule has 25 heavy (non-hydrogen) atoms. The van der Waals surface area contributed by atoms with E-state index in [0.717, 1.165) is 37.9 Å². The molecule has 0 spiro atoms. The summed E-state index contributed by atoms with van der Waals surface area (Å²) in [6, 6.07) is 9.60. The molecule has 2 aromatic rings. The molecule has 2 bridgehead atoms. The minimum Gasteiger partial charge on any atom is -0.458 e. The molecule has 0 radical (unpaired) electrons. The molecule has 134 valence electrons. The Balaban J connectivity index is 0.00000157. The lowest BCUT2D eigenvalue weighted by Gasteiger charge is -2.35. The van der Waals surface area contributed by atoms with Gasteiger partial charge in [-0.1, -0.05) is 18.2 Å². The third-order valence-electron chi connectivity index (χ3n) is 6.37. The minimum atomic E-state index is -0.131. The molecule has 4 nitrogen and oxygen atoms in total. The van der Waals surface area contributed by atoms with Crippen molar-refractivity contribution in [2.75, 3.05) is 7.05 Å². The lowest BCUT2D eigenvalue weighted by atomic mass is 10.0. The molecule has 5 heteroatoms. The van der Waals surface area contributed by atoms with Gasteiger partial charge in [0.15, 0.2) is 0 Å². The predicted molar refractivity (Wildman–Crippen MR) is 101 cm³/mol. The maximum Gasteiger partial charge on any atom is 0.355 e. The van der Waals surface area contributed by atoms with Crippen molar-refractivity contribution in [2.24, 2.45) is 0 Å². The van der Waals surface area contributed by atoms with Crippen LogP contribution in [0, 0.1) is 0 Å². The highest BCUT2D eigenvalue weighted by Gasteiger charge is 2.40. The van der Waals surface area contributed by atoms with Gasteiger partial charge in [-0.05, 0) is 44.4 Å². The van der Waals surface area contributed by atoms with E-state index >= 15 is 0 Å². The predicted octanol–water partition coefficient (Wildman–Crippen LogP) is 3.79. The van der Waals surface area contributed by atoms with E-state index in [1.54, 1.807) is 0 Å². The fourth-order valence-corrected chi connectivity index (χ4v) is 5.10. The monoisotopic (exact) mass is 360 g/mol. The first kappa shape index (κ1) is 16.9. The van der Waals surface area contributed by atoms with Crippen molar-refractivity contribution in [3.05, 3.63) is 35.5 Å². The molecule has 2 atom stereocenters. The van der Waals surface area contributed by atoms with Gasteiger partial charge in [0.25, 0.3) is 0 Å². The van der Waals surface area contributed by atoms with Crippen LogP contribution in [0.3, 0.4) is 0 Å². The fraction of sp³-hybridized carbons (Fsp3) is 0.550. The summed E-state index contributed by atoms with van der Waals surface area (Å²) >= 11 is 0. The van der Waals surface area contributed by atoms with E-state index in [4.69, 9.17) is 4.74 Å². The van der Waals surface area contributed by atoms with Crippen LogP contribution in [0.5, 0.6) is 0 Å². The average Bonchev–Trinajstić information content (AvgIpc) is 3.04. The normalized spacial score (nSPS) is 28.0.